The second-order valence-corrected chi connectivity index (χ2v) is 6.04. The lowest BCUT2D eigenvalue weighted by Crippen LogP contribution is -2.32. The predicted octanol–water partition coefficient (Wildman–Crippen LogP) is 2.82. The second kappa shape index (κ2) is 5.32. The molecule has 0 radical (unpaired) electrons. The van der Waals surface area contributed by atoms with Crippen molar-refractivity contribution >= 4 is 23.1 Å². The Hall–Kier alpha value is -0.0600. The summed E-state index contributed by atoms with van der Waals surface area (Å²) in [4.78, 5) is 7.17. The summed E-state index contributed by atoms with van der Waals surface area (Å²) in [5.74, 6) is 2.47. The van der Waals surface area contributed by atoms with E-state index in [1.807, 2.05) is 23.1 Å². The summed E-state index contributed by atoms with van der Waals surface area (Å²) >= 11 is 3.88. The molecule has 0 aromatic carbocycles. The van der Waals surface area contributed by atoms with Crippen LogP contribution in [0.25, 0.3) is 0 Å². The van der Waals surface area contributed by atoms with Crippen molar-refractivity contribution in [3.8, 4) is 0 Å². The van der Waals surface area contributed by atoms with Crippen LogP contribution in [0.15, 0.2) is 5.38 Å². The Bertz CT molecular complexity index is 311. The number of aromatic nitrogens is 1. The topological polar surface area (TPSA) is 16.1 Å². The maximum atomic E-state index is 4.74. The molecule has 1 aliphatic rings. The van der Waals surface area contributed by atoms with E-state index in [0.29, 0.717) is 6.04 Å². The molecule has 1 unspecified atom stereocenters. The van der Waals surface area contributed by atoms with Gasteiger partial charge in [0.1, 0.15) is 5.01 Å². The molecule has 4 heteroatoms. The molecule has 1 aliphatic heterocycles. The van der Waals surface area contributed by atoms with Gasteiger partial charge in [-0.15, -0.1) is 11.3 Å². The number of nitrogens with zero attached hydrogens (tertiary/aromatic N) is 2. The summed E-state index contributed by atoms with van der Waals surface area (Å²) in [6.07, 6.45) is 2.32. The average Bonchev–Trinajstić information content (AvgIpc) is 2.68. The Labute approximate surface area is 100 Å². The Balaban J connectivity index is 2.06. The number of aryl methyl sites for hydroxylation is 1. The molecule has 1 atom stereocenters. The normalized spacial score (nSPS) is 23.2. The molecule has 15 heavy (non-hydrogen) atoms. The first kappa shape index (κ1) is 11.4. The van der Waals surface area contributed by atoms with Gasteiger partial charge in [0.05, 0.1) is 11.7 Å². The van der Waals surface area contributed by atoms with Gasteiger partial charge < -0.3 is 0 Å². The van der Waals surface area contributed by atoms with Crippen LogP contribution in [0.5, 0.6) is 0 Å². The van der Waals surface area contributed by atoms with Gasteiger partial charge in [0.25, 0.3) is 0 Å². The fourth-order valence-electron chi connectivity index (χ4n) is 1.79. The first-order chi connectivity index (χ1) is 7.31. The van der Waals surface area contributed by atoms with E-state index in [4.69, 9.17) is 4.98 Å². The number of thioether (sulfide) groups is 1. The van der Waals surface area contributed by atoms with Crippen molar-refractivity contribution in [2.24, 2.45) is 0 Å². The van der Waals surface area contributed by atoms with Crippen LogP contribution < -0.4 is 0 Å². The summed E-state index contributed by atoms with van der Waals surface area (Å²) in [5, 5.41) is 3.54. The van der Waals surface area contributed by atoms with Gasteiger partial charge in [-0.2, -0.15) is 11.8 Å². The average molecular weight is 242 g/mol. The lowest BCUT2D eigenvalue weighted by molar-refractivity contribution is 0.274. The lowest BCUT2D eigenvalue weighted by Gasteiger charge is -2.30. The predicted molar refractivity (Wildman–Crippen MR) is 68.8 cm³/mol. The highest BCUT2D eigenvalue weighted by Crippen LogP contribution is 2.30. The molecule has 0 spiro atoms. The molecule has 1 aromatic rings. The zero-order valence-corrected chi connectivity index (χ0v) is 11.0. The molecule has 84 valence electrons. The van der Waals surface area contributed by atoms with Crippen molar-refractivity contribution in [1.29, 1.82) is 0 Å². The minimum absolute atomic E-state index is 0.555. The van der Waals surface area contributed by atoms with Crippen LogP contribution in [0.4, 0.5) is 0 Å². The molecule has 2 nitrogen and oxygen atoms in total. The van der Waals surface area contributed by atoms with Gasteiger partial charge in [-0.25, -0.2) is 4.98 Å². The molecule has 1 aromatic heterocycles. The monoisotopic (exact) mass is 242 g/mol. The lowest BCUT2D eigenvalue weighted by atomic mass is 10.2. The molecule has 2 rings (SSSR count). The van der Waals surface area contributed by atoms with Crippen LogP contribution in [0.2, 0.25) is 0 Å². The van der Waals surface area contributed by atoms with Crippen molar-refractivity contribution in [2.75, 3.05) is 25.1 Å². The third-order valence-corrected chi connectivity index (χ3v) is 4.77. The third kappa shape index (κ3) is 2.74. The fraction of sp³-hybridized carbons (Fsp3) is 0.727. The van der Waals surface area contributed by atoms with Crippen LogP contribution in [0, 0.1) is 0 Å². The summed E-state index contributed by atoms with van der Waals surface area (Å²) < 4.78 is 0. The van der Waals surface area contributed by atoms with Gasteiger partial charge in [-0.3, -0.25) is 4.90 Å². The van der Waals surface area contributed by atoms with Crippen LogP contribution >= 0.6 is 23.1 Å². The van der Waals surface area contributed by atoms with Crippen molar-refractivity contribution in [3.63, 3.8) is 0 Å². The maximum Gasteiger partial charge on any atom is 0.111 e. The van der Waals surface area contributed by atoms with Crippen LogP contribution in [-0.4, -0.2) is 35.0 Å². The van der Waals surface area contributed by atoms with Crippen molar-refractivity contribution in [1.82, 2.24) is 9.88 Å². The minimum Gasteiger partial charge on any atom is -0.296 e. The number of hydrogen-bond donors (Lipinski definition) is 0. The molecule has 0 amide bonds. The van der Waals surface area contributed by atoms with Gasteiger partial charge >= 0.3 is 0 Å². The largest absolute Gasteiger partial charge is 0.296 e. The SMILES string of the molecule is CCCc1csc(C2CSCCN2C)n1. The molecule has 1 saturated heterocycles. The molecule has 2 heterocycles. The maximum absolute atomic E-state index is 4.74. The molecule has 0 saturated carbocycles. The highest BCUT2D eigenvalue weighted by Gasteiger charge is 2.23. The van der Waals surface area contributed by atoms with Crippen LogP contribution in [-0.2, 0) is 6.42 Å². The number of rotatable bonds is 3. The van der Waals surface area contributed by atoms with E-state index < -0.39 is 0 Å². The van der Waals surface area contributed by atoms with Gasteiger partial charge in [0.2, 0.25) is 0 Å². The minimum atomic E-state index is 0.555. The molecular formula is C11H18N2S2. The van der Waals surface area contributed by atoms with Crippen LogP contribution in [0.1, 0.15) is 30.1 Å². The number of thiazole rings is 1. The van der Waals surface area contributed by atoms with E-state index in [1.165, 1.54) is 35.2 Å². The zero-order valence-electron chi connectivity index (χ0n) is 9.40. The van der Waals surface area contributed by atoms with Crippen molar-refractivity contribution in [2.45, 2.75) is 25.8 Å². The summed E-state index contributed by atoms with van der Waals surface area (Å²) in [6, 6.07) is 0.555. The molecule has 0 aliphatic carbocycles. The quantitative estimate of drug-likeness (QED) is 0.811. The first-order valence-electron chi connectivity index (χ1n) is 5.53. The van der Waals surface area contributed by atoms with Gasteiger partial charge in [-0.1, -0.05) is 13.3 Å². The summed E-state index contributed by atoms with van der Waals surface area (Å²) in [5.41, 5.74) is 1.28. The Kier molecular flexibility index (Phi) is 4.05. The van der Waals surface area contributed by atoms with Gasteiger partial charge in [-0.05, 0) is 13.5 Å². The Morgan fingerprint density at radius 1 is 1.60 bits per heavy atom. The van der Waals surface area contributed by atoms with E-state index in [9.17, 15) is 0 Å². The molecule has 1 fully saturated rings. The smallest absolute Gasteiger partial charge is 0.111 e. The third-order valence-electron chi connectivity index (χ3n) is 2.76. The van der Waals surface area contributed by atoms with E-state index in [0.717, 1.165) is 6.42 Å². The van der Waals surface area contributed by atoms with Gasteiger partial charge in [0.15, 0.2) is 0 Å². The Morgan fingerprint density at radius 2 is 2.47 bits per heavy atom. The van der Waals surface area contributed by atoms with Gasteiger partial charge in [0, 0.05) is 23.4 Å². The Morgan fingerprint density at radius 3 is 3.20 bits per heavy atom. The first-order valence-corrected chi connectivity index (χ1v) is 7.57. The highest BCUT2D eigenvalue weighted by atomic mass is 32.2. The molecular weight excluding hydrogens is 224 g/mol. The molecule has 0 bridgehead atoms. The van der Waals surface area contributed by atoms with E-state index >= 15 is 0 Å². The second-order valence-electron chi connectivity index (χ2n) is 4.00. The standard InChI is InChI=1S/C11H18N2S2/c1-3-4-9-7-15-11(12-9)10-8-14-6-5-13(10)2/h7,10H,3-6,8H2,1-2H3. The number of hydrogen-bond acceptors (Lipinski definition) is 4. The van der Waals surface area contributed by atoms with E-state index in [-0.39, 0.29) is 0 Å². The highest BCUT2D eigenvalue weighted by molar-refractivity contribution is 7.99. The fourth-order valence-corrected chi connectivity index (χ4v) is 4.14. The van der Waals surface area contributed by atoms with Crippen molar-refractivity contribution < 1.29 is 0 Å². The van der Waals surface area contributed by atoms with E-state index in [2.05, 4.69) is 24.3 Å². The van der Waals surface area contributed by atoms with Crippen molar-refractivity contribution in [3.05, 3.63) is 16.1 Å². The van der Waals surface area contributed by atoms with Crippen LogP contribution in [0.3, 0.4) is 0 Å². The summed E-state index contributed by atoms with van der Waals surface area (Å²) in [6.45, 7) is 3.40. The van der Waals surface area contributed by atoms with E-state index in [1.54, 1.807) is 0 Å². The molecule has 0 N–H and O–H groups in total. The zero-order chi connectivity index (χ0) is 10.7. The summed E-state index contributed by atoms with van der Waals surface area (Å²) in [7, 11) is 2.21.